The van der Waals surface area contributed by atoms with Crippen molar-refractivity contribution in [3.8, 4) is 22.6 Å². The third-order valence-electron chi connectivity index (χ3n) is 3.17. The zero-order valence-corrected chi connectivity index (χ0v) is 10.9. The van der Waals surface area contributed by atoms with Gasteiger partial charge in [-0.1, -0.05) is 48.5 Å². The van der Waals surface area contributed by atoms with Crippen LogP contribution < -0.4 is 0 Å². The van der Waals surface area contributed by atoms with Crippen molar-refractivity contribution >= 4 is 6.29 Å². The first-order valence-electron chi connectivity index (χ1n) is 6.50. The van der Waals surface area contributed by atoms with Crippen molar-refractivity contribution in [2.24, 2.45) is 0 Å². The maximum absolute atomic E-state index is 10.6. The van der Waals surface area contributed by atoms with Crippen LogP contribution in [0, 0.1) is 0 Å². The van der Waals surface area contributed by atoms with Gasteiger partial charge in [0.25, 0.3) is 0 Å². The molecule has 98 valence electrons. The van der Waals surface area contributed by atoms with Gasteiger partial charge < -0.3 is 9.78 Å². The second kappa shape index (κ2) is 5.53. The first-order chi connectivity index (χ1) is 9.86. The van der Waals surface area contributed by atoms with Crippen molar-refractivity contribution in [2.75, 3.05) is 0 Å². The number of benzene rings is 2. The van der Waals surface area contributed by atoms with Crippen molar-refractivity contribution in [1.29, 1.82) is 0 Å². The summed E-state index contributed by atoms with van der Waals surface area (Å²) in [6, 6.07) is 17.9. The maximum atomic E-state index is 10.6. The van der Waals surface area contributed by atoms with E-state index in [1.807, 2.05) is 60.8 Å². The quantitative estimate of drug-likeness (QED) is 0.731. The van der Waals surface area contributed by atoms with E-state index in [0.29, 0.717) is 6.42 Å². The van der Waals surface area contributed by atoms with Crippen LogP contribution in [0.2, 0.25) is 0 Å². The lowest BCUT2D eigenvalue weighted by Crippen LogP contribution is -1.87. The molecule has 3 heteroatoms. The molecule has 20 heavy (non-hydrogen) atoms. The van der Waals surface area contributed by atoms with Crippen LogP contribution in [0.15, 0.2) is 60.8 Å². The third kappa shape index (κ3) is 2.52. The second-order valence-corrected chi connectivity index (χ2v) is 4.57. The number of hydrogen-bond acceptors (Lipinski definition) is 2. The largest absolute Gasteiger partial charge is 0.344 e. The van der Waals surface area contributed by atoms with Crippen LogP contribution in [-0.2, 0) is 11.2 Å². The zero-order valence-electron chi connectivity index (χ0n) is 10.9. The van der Waals surface area contributed by atoms with Gasteiger partial charge in [0.2, 0.25) is 0 Å². The first-order valence-corrected chi connectivity index (χ1v) is 6.50. The van der Waals surface area contributed by atoms with Crippen molar-refractivity contribution in [3.63, 3.8) is 0 Å². The number of carbonyl (C=O) groups is 1. The van der Waals surface area contributed by atoms with Crippen molar-refractivity contribution in [3.05, 3.63) is 66.4 Å². The summed E-state index contributed by atoms with van der Waals surface area (Å²) in [7, 11) is 0. The SMILES string of the molecule is O=CCc1cccc(-c2c[nH]c(-c3ccccc3)n2)c1. The van der Waals surface area contributed by atoms with Gasteiger partial charge in [0.15, 0.2) is 0 Å². The Morgan fingerprint density at radius 2 is 1.80 bits per heavy atom. The Kier molecular flexibility index (Phi) is 3.42. The molecule has 0 amide bonds. The molecule has 1 heterocycles. The van der Waals surface area contributed by atoms with Crippen LogP contribution in [0.25, 0.3) is 22.6 Å². The van der Waals surface area contributed by atoms with Crippen molar-refractivity contribution in [1.82, 2.24) is 9.97 Å². The van der Waals surface area contributed by atoms with Gasteiger partial charge in [-0.25, -0.2) is 4.98 Å². The van der Waals surface area contributed by atoms with E-state index in [-0.39, 0.29) is 0 Å². The molecule has 0 aliphatic rings. The van der Waals surface area contributed by atoms with Gasteiger partial charge in [0.05, 0.1) is 5.69 Å². The topological polar surface area (TPSA) is 45.8 Å². The summed E-state index contributed by atoms with van der Waals surface area (Å²) in [5.41, 5.74) is 3.96. The van der Waals surface area contributed by atoms with Crippen LogP contribution in [0.5, 0.6) is 0 Å². The Hall–Kier alpha value is -2.68. The lowest BCUT2D eigenvalue weighted by molar-refractivity contribution is -0.107. The first kappa shape index (κ1) is 12.4. The standard InChI is InChI=1S/C17H14N2O/c20-10-9-13-5-4-8-15(11-13)16-12-18-17(19-16)14-6-2-1-3-7-14/h1-8,10-12H,9H2,(H,18,19). The van der Waals surface area contributed by atoms with Gasteiger partial charge in [-0.3, -0.25) is 0 Å². The maximum Gasteiger partial charge on any atom is 0.138 e. The second-order valence-electron chi connectivity index (χ2n) is 4.57. The smallest absolute Gasteiger partial charge is 0.138 e. The number of hydrogen-bond donors (Lipinski definition) is 1. The fourth-order valence-corrected chi connectivity index (χ4v) is 2.17. The molecule has 1 aromatic heterocycles. The molecule has 0 saturated heterocycles. The Bertz CT molecular complexity index is 717. The van der Waals surface area contributed by atoms with Crippen molar-refractivity contribution < 1.29 is 4.79 Å². The van der Waals surface area contributed by atoms with E-state index in [0.717, 1.165) is 34.5 Å². The molecule has 0 spiro atoms. The number of nitrogens with zero attached hydrogens (tertiary/aromatic N) is 1. The summed E-state index contributed by atoms with van der Waals surface area (Å²) in [6.45, 7) is 0. The molecule has 2 aromatic carbocycles. The van der Waals surface area contributed by atoms with Gasteiger partial charge in [-0.2, -0.15) is 0 Å². The normalized spacial score (nSPS) is 10.4. The average molecular weight is 262 g/mol. The minimum Gasteiger partial charge on any atom is -0.344 e. The molecule has 0 saturated carbocycles. The number of H-pyrrole nitrogens is 1. The molecule has 0 aliphatic carbocycles. The predicted octanol–water partition coefficient (Wildman–Crippen LogP) is 3.49. The number of aromatic nitrogens is 2. The van der Waals surface area contributed by atoms with Crippen molar-refractivity contribution in [2.45, 2.75) is 6.42 Å². The van der Waals surface area contributed by atoms with E-state index in [2.05, 4.69) is 9.97 Å². The molecule has 0 atom stereocenters. The molecule has 3 aromatic rings. The highest BCUT2D eigenvalue weighted by atomic mass is 16.1. The van der Waals surface area contributed by atoms with Crippen LogP contribution in [-0.4, -0.2) is 16.3 Å². The van der Waals surface area contributed by atoms with E-state index < -0.39 is 0 Å². The monoisotopic (exact) mass is 262 g/mol. The Morgan fingerprint density at radius 3 is 2.60 bits per heavy atom. The highest BCUT2D eigenvalue weighted by Crippen LogP contribution is 2.22. The predicted molar refractivity (Wildman–Crippen MR) is 79.2 cm³/mol. The number of rotatable bonds is 4. The van der Waals surface area contributed by atoms with Crippen LogP contribution in [0.3, 0.4) is 0 Å². The third-order valence-corrected chi connectivity index (χ3v) is 3.17. The molecule has 1 N–H and O–H groups in total. The number of nitrogens with one attached hydrogen (secondary N) is 1. The lowest BCUT2D eigenvalue weighted by atomic mass is 10.1. The summed E-state index contributed by atoms with van der Waals surface area (Å²) in [5.74, 6) is 0.849. The molecular formula is C17H14N2O. The molecule has 0 radical (unpaired) electrons. The molecular weight excluding hydrogens is 248 g/mol. The van der Waals surface area contributed by atoms with Gasteiger partial charge in [-0.05, 0) is 11.6 Å². The number of carbonyl (C=O) groups excluding carboxylic acids is 1. The average Bonchev–Trinajstić information content (AvgIpc) is 2.99. The van der Waals surface area contributed by atoms with E-state index in [1.54, 1.807) is 0 Å². The molecule has 0 unspecified atom stereocenters. The van der Waals surface area contributed by atoms with E-state index in [4.69, 9.17) is 0 Å². The number of aldehydes is 1. The lowest BCUT2D eigenvalue weighted by Gasteiger charge is -1.99. The summed E-state index contributed by atoms with van der Waals surface area (Å²) in [4.78, 5) is 18.4. The Morgan fingerprint density at radius 1 is 1.00 bits per heavy atom. The van der Waals surface area contributed by atoms with Gasteiger partial charge >= 0.3 is 0 Å². The van der Waals surface area contributed by atoms with Gasteiger partial charge in [0.1, 0.15) is 12.1 Å². The summed E-state index contributed by atoms with van der Waals surface area (Å²) in [6.07, 6.45) is 3.24. The van der Waals surface area contributed by atoms with Crippen LogP contribution in [0.4, 0.5) is 0 Å². The number of aromatic amines is 1. The minimum atomic E-state index is 0.434. The van der Waals surface area contributed by atoms with Crippen LogP contribution in [0.1, 0.15) is 5.56 Å². The molecule has 0 bridgehead atoms. The van der Waals surface area contributed by atoms with E-state index in [9.17, 15) is 4.79 Å². The van der Waals surface area contributed by atoms with Gasteiger partial charge in [-0.15, -0.1) is 0 Å². The molecule has 0 aliphatic heterocycles. The molecule has 0 fully saturated rings. The fraction of sp³-hybridized carbons (Fsp3) is 0.0588. The summed E-state index contributed by atoms with van der Waals surface area (Å²) >= 11 is 0. The zero-order chi connectivity index (χ0) is 13.8. The Labute approximate surface area is 117 Å². The highest BCUT2D eigenvalue weighted by molar-refractivity contribution is 5.66. The Balaban J connectivity index is 1.94. The number of imidazole rings is 1. The van der Waals surface area contributed by atoms with E-state index in [1.165, 1.54) is 0 Å². The molecule has 3 rings (SSSR count). The summed E-state index contributed by atoms with van der Waals surface area (Å²) in [5, 5.41) is 0. The fourth-order valence-electron chi connectivity index (χ4n) is 2.17. The van der Waals surface area contributed by atoms with Gasteiger partial charge in [0, 0.05) is 23.7 Å². The highest BCUT2D eigenvalue weighted by Gasteiger charge is 2.06. The minimum absolute atomic E-state index is 0.434. The summed E-state index contributed by atoms with van der Waals surface area (Å²) < 4.78 is 0. The van der Waals surface area contributed by atoms with E-state index >= 15 is 0 Å². The molecule has 3 nitrogen and oxygen atoms in total. The van der Waals surface area contributed by atoms with Crippen LogP contribution >= 0.6 is 0 Å².